The fraction of sp³-hybridized carbons (Fsp3) is 0.778. The second kappa shape index (κ2) is 4.97. The molecule has 0 radical (unpaired) electrons. The van der Waals surface area contributed by atoms with E-state index in [4.69, 9.17) is 5.73 Å². The van der Waals surface area contributed by atoms with Gasteiger partial charge in [0.25, 0.3) is 0 Å². The van der Waals surface area contributed by atoms with Crippen molar-refractivity contribution in [3.8, 4) is 0 Å². The molecule has 1 atom stereocenters. The molecule has 0 aliphatic rings. The summed E-state index contributed by atoms with van der Waals surface area (Å²) < 4.78 is 0. The first-order valence-electron chi connectivity index (χ1n) is 4.88. The van der Waals surface area contributed by atoms with Crippen molar-refractivity contribution in [1.29, 1.82) is 0 Å². The molecule has 0 bridgehead atoms. The van der Waals surface area contributed by atoms with Gasteiger partial charge in [-0.1, -0.05) is 26.7 Å². The van der Waals surface area contributed by atoms with Crippen LogP contribution in [0.25, 0.3) is 0 Å². The lowest BCUT2D eigenvalue weighted by Crippen LogP contribution is -2.16. The van der Waals surface area contributed by atoms with Gasteiger partial charge in [-0.3, -0.25) is 5.10 Å². The molecule has 13 heavy (non-hydrogen) atoms. The molecule has 74 valence electrons. The molecular formula is C9H18N4. The Morgan fingerprint density at radius 2 is 2.15 bits per heavy atom. The van der Waals surface area contributed by atoms with Crippen LogP contribution in [-0.4, -0.2) is 15.2 Å². The lowest BCUT2D eigenvalue weighted by Gasteiger charge is -2.15. The Balaban J connectivity index is 2.45. The van der Waals surface area contributed by atoms with Gasteiger partial charge in [0.15, 0.2) is 0 Å². The molecule has 1 rings (SSSR count). The highest BCUT2D eigenvalue weighted by Gasteiger charge is 2.13. The molecule has 0 spiro atoms. The minimum absolute atomic E-state index is 0.00685. The number of hydrogen-bond donors (Lipinski definition) is 2. The third-order valence-corrected chi connectivity index (χ3v) is 2.53. The van der Waals surface area contributed by atoms with Crippen molar-refractivity contribution in [2.24, 2.45) is 11.7 Å². The van der Waals surface area contributed by atoms with Crippen molar-refractivity contribution in [1.82, 2.24) is 15.2 Å². The van der Waals surface area contributed by atoms with Crippen LogP contribution in [-0.2, 0) is 0 Å². The average Bonchev–Trinajstić information content (AvgIpc) is 2.66. The number of aromatic nitrogens is 3. The Hall–Kier alpha value is -0.900. The lowest BCUT2D eigenvalue weighted by molar-refractivity contribution is 0.407. The summed E-state index contributed by atoms with van der Waals surface area (Å²) in [7, 11) is 0. The zero-order valence-corrected chi connectivity index (χ0v) is 8.33. The summed E-state index contributed by atoms with van der Waals surface area (Å²) in [5.74, 6) is 1.49. The van der Waals surface area contributed by atoms with Crippen molar-refractivity contribution in [2.75, 3.05) is 0 Å². The fourth-order valence-corrected chi connectivity index (χ4v) is 1.49. The number of nitrogens with two attached hydrogens (primary N) is 1. The summed E-state index contributed by atoms with van der Waals surface area (Å²) in [6.07, 6.45) is 4.85. The molecule has 1 aromatic heterocycles. The van der Waals surface area contributed by atoms with Gasteiger partial charge in [0.05, 0.1) is 6.04 Å². The van der Waals surface area contributed by atoms with Crippen molar-refractivity contribution in [3.05, 3.63) is 12.2 Å². The second-order valence-electron chi connectivity index (χ2n) is 3.40. The van der Waals surface area contributed by atoms with Crippen LogP contribution in [0, 0.1) is 5.92 Å². The highest BCUT2D eigenvalue weighted by molar-refractivity contribution is 4.89. The molecule has 4 nitrogen and oxygen atoms in total. The zero-order valence-electron chi connectivity index (χ0n) is 8.33. The van der Waals surface area contributed by atoms with Gasteiger partial charge in [0, 0.05) is 0 Å². The second-order valence-corrected chi connectivity index (χ2v) is 3.40. The van der Waals surface area contributed by atoms with Crippen LogP contribution in [0.3, 0.4) is 0 Å². The summed E-state index contributed by atoms with van der Waals surface area (Å²) >= 11 is 0. The molecule has 0 aliphatic carbocycles. The number of nitrogens with zero attached hydrogens (tertiary/aromatic N) is 2. The molecule has 0 aromatic carbocycles. The summed E-state index contributed by atoms with van der Waals surface area (Å²) in [6.45, 7) is 4.39. The highest BCUT2D eigenvalue weighted by Crippen LogP contribution is 2.20. The van der Waals surface area contributed by atoms with Crippen LogP contribution < -0.4 is 5.73 Å². The summed E-state index contributed by atoms with van der Waals surface area (Å²) in [5, 5.41) is 6.59. The molecule has 3 N–H and O–H groups in total. The minimum Gasteiger partial charge on any atom is -0.321 e. The normalized spacial score (nSPS) is 13.5. The first-order valence-corrected chi connectivity index (χ1v) is 4.88. The van der Waals surface area contributed by atoms with Gasteiger partial charge in [0.2, 0.25) is 0 Å². The smallest absolute Gasteiger partial charge is 0.141 e. The van der Waals surface area contributed by atoms with Crippen molar-refractivity contribution in [3.63, 3.8) is 0 Å². The van der Waals surface area contributed by atoms with Gasteiger partial charge in [-0.15, -0.1) is 0 Å². The predicted octanol–water partition coefficient (Wildman–Crippen LogP) is 1.63. The van der Waals surface area contributed by atoms with Crippen molar-refractivity contribution >= 4 is 0 Å². The molecule has 1 unspecified atom stereocenters. The van der Waals surface area contributed by atoms with Gasteiger partial charge in [-0.25, -0.2) is 4.98 Å². The summed E-state index contributed by atoms with van der Waals surface area (Å²) in [6, 6.07) is 0.00685. The van der Waals surface area contributed by atoms with E-state index in [1.54, 1.807) is 0 Å². The highest BCUT2D eigenvalue weighted by atomic mass is 15.2. The van der Waals surface area contributed by atoms with Gasteiger partial charge in [-0.05, 0) is 12.3 Å². The van der Waals surface area contributed by atoms with Crippen LogP contribution in [0.15, 0.2) is 6.33 Å². The van der Waals surface area contributed by atoms with E-state index in [1.165, 1.54) is 19.2 Å². The standard InChI is InChI=1S/C9H18N4/c1-3-7(4-2)5-8(10)9-11-6-12-13-9/h6-8H,3-5,10H2,1-2H3,(H,11,12,13). The Morgan fingerprint density at radius 3 is 2.62 bits per heavy atom. The van der Waals surface area contributed by atoms with Crippen LogP contribution in [0.1, 0.15) is 45.0 Å². The van der Waals surface area contributed by atoms with E-state index in [0.717, 1.165) is 12.2 Å². The molecule has 0 amide bonds. The summed E-state index contributed by atoms with van der Waals surface area (Å²) in [4.78, 5) is 4.05. The van der Waals surface area contributed by atoms with Gasteiger partial charge < -0.3 is 5.73 Å². The topological polar surface area (TPSA) is 67.6 Å². The van der Waals surface area contributed by atoms with Crippen molar-refractivity contribution in [2.45, 2.75) is 39.2 Å². The van der Waals surface area contributed by atoms with Crippen LogP contribution in [0.4, 0.5) is 0 Å². The molecule has 0 aliphatic heterocycles. The van der Waals surface area contributed by atoms with Gasteiger partial charge >= 0.3 is 0 Å². The number of rotatable bonds is 5. The maximum Gasteiger partial charge on any atom is 0.141 e. The number of hydrogen-bond acceptors (Lipinski definition) is 3. The van der Waals surface area contributed by atoms with E-state index in [2.05, 4.69) is 29.0 Å². The Bertz CT molecular complexity index is 216. The van der Waals surface area contributed by atoms with Crippen LogP contribution in [0.5, 0.6) is 0 Å². The first-order chi connectivity index (χ1) is 6.27. The number of aromatic amines is 1. The maximum absolute atomic E-state index is 5.96. The Labute approximate surface area is 78.9 Å². The number of H-pyrrole nitrogens is 1. The van der Waals surface area contributed by atoms with E-state index >= 15 is 0 Å². The minimum atomic E-state index is 0.00685. The third kappa shape index (κ3) is 2.81. The van der Waals surface area contributed by atoms with Gasteiger partial charge in [0.1, 0.15) is 12.2 Å². The van der Waals surface area contributed by atoms with E-state index in [0.29, 0.717) is 5.92 Å². The largest absolute Gasteiger partial charge is 0.321 e. The van der Waals surface area contributed by atoms with E-state index in [-0.39, 0.29) is 6.04 Å². The molecule has 1 heterocycles. The predicted molar refractivity (Wildman–Crippen MR) is 52.0 cm³/mol. The van der Waals surface area contributed by atoms with E-state index in [9.17, 15) is 0 Å². The third-order valence-electron chi connectivity index (χ3n) is 2.53. The SMILES string of the molecule is CCC(CC)CC(N)c1ncn[nH]1. The monoisotopic (exact) mass is 182 g/mol. The zero-order chi connectivity index (χ0) is 9.68. The quantitative estimate of drug-likeness (QED) is 0.727. The van der Waals surface area contributed by atoms with Crippen LogP contribution >= 0.6 is 0 Å². The van der Waals surface area contributed by atoms with Crippen molar-refractivity contribution < 1.29 is 0 Å². The molecule has 4 heteroatoms. The van der Waals surface area contributed by atoms with Crippen LogP contribution in [0.2, 0.25) is 0 Å². The maximum atomic E-state index is 5.96. The van der Waals surface area contributed by atoms with E-state index < -0.39 is 0 Å². The Morgan fingerprint density at radius 1 is 1.46 bits per heavy atom. The first kappa shape index (κ1) is 10.2. The number of nitrogens with one attached hydrogen (secondary N) is 1. The Kier molecular flexibility index (Phi) is 3.89. The molecule has 1 aromatic rings. The van der Waals surface area contributed by atoms with Gasteiger partial charge in [-0.2, -0.15) is 5.10 Å². The molecule has 0 fully saturated rings. The average molecular weight is 182 g/mol. The lowest BCUT2D eigenvalue weighted by atomic mass is 9.95. The van der Waals surface area contributed by atoms with E-state index in [1.807, 2.05) is 0 Å². The molecule has 0 saturated carbocycles. The molecular weight excluding hydrogens is 164 g/mol. The fourth-order valence-electron chi connectivity index (χ4n) is 1.49. The molecule has 0 saturated heterocycles. The summed E-state index contributed by atoms with van der Waals surface area (Å²) in [5.41, 5.74) is 5.96.